The fourth-order valence-electron chi connectivity index (χ4n) is 2.61. The molecule has 0 aromatic heterocycles. The molecular weight excluding hydrogens is 440 g/mol. The molecule has 9 heteroatoms. The highest BCUT2D eigenvalue weighted by Gasteiger charge is 2.17. The van der Waals surface area contributed by atoms with Crippen molar-refractivity contribution in [2.75, 3.05) is 11.9 Å². The molecule has 160 valence electrons. The van der Waals surface area contributed by atoms with Crippen LogP contribution in [0.5, 0.6) is 0 Å². The second kappa shape index (κ2) is 10.2. The summed E-state index contributed by atoms with van der Waals surface area (Å²) >= 11 is 5.97. The summed E-state index contributed by atoms with van der Waals surface area (Å²) in [7, 11) is -3.84. The van der Waals surface area contributed by atoms with Crippen molar-refractivity contribution in [2.45, 2.75) is 11.4 Å². The van der Waals surface area contributed by atoms with E-state index in [-0.39, 0.29) is 17.0 Å². The molecule has 3 aromatic rings. The summed E-state index contributed by atoms with van der Waals surface area (Å²) in [5.74, 6) is -1.40. The molecule has 3 rings (SSSR count). The number of ether oxygens (including phenoxy) is 1. The van der Waals surface area contributed by atoms with Gasteiger partial charge in [-0.15, -0.1) is 0 Å². The van der Waals surface area contributed by atoms with Crippen LogP contribution in [0.1, 0.15) is 15.9 Å². The Labute approximate surface area is 185 Å². The van der Waals surface area contributed by atoms with Crippen molar-refractivity contribution < 1.29 is 22.7 Å². The smallest absolute Gasteiger partial charge is 0.338 e. The predicted molar refractivity (Wildman–Crippen MR) is 117 cm³/mol. The molecule has 0 unspecified atom stereocenters. The normalized spacial score (nSPS) is 11.0. The zero-order valence-electron chi connectivity index (χ0n) is 16.2. The fraction of sp³-hybridized carbons (Fsp3) is 0.0909. The van der Waals surface area contributed by atoms with Crippen molar-refractivity contribution in [3.63, 3.8) is 0 Å². The third-order valence-corrected chi connectivity index (χ3v) is 5.90. The Morgan fingerprint density at radius 2 is 1.61 bits per heavy atom. The van der Waals surface area contributed by atoms with Gasteiger partial charge in [-0.3, -0.25) is 4.79 Å². The average molecular weight is 459 g/mol. The van der Waals surface area contributed by atoms with Crippen molar-refractivity contribution in [3.05, 3.63) is 95.0 Å². The SMILES string of the molecule is O=C(COC(=O)c1cccc(S(=O)(=O)NCc2ccccc2)c1)Nc1ccccc1Cl. The van der Waals surface area contributed by atoms with Crippen LogP contribution >= 0.6 is 11.6 Å². The summed E-state index contributed by atoms with van der Waals surface area (Å²) in [5, 5.41) is 2.88. The van der Waals surface area contributed by atoms with Crippen LogP contribution in [-0.4, -0.2) is 26.9 Å². The number of carbonyl (C=O) groups excluding carboxylic acids is 2. The van der Waals surface area contributed by atoms with Gasteiger partial charge < -0.3 is 10.1 Å². The second-order valence-electron chi connectivity index (χ2n) is 6.44. The first-order chi connectivity index (χ1) is 14.8. The first-order valence-corrected chi connectivity index (χ1v) is 11.1. The van der Waals surface area contributed by atoms with Gasteiger partial charge in [0.15, 0.2) is 6.61 Å². The number of amides is 1. The minimum atomic E-state index is -3.84. The van der Waals surface area contributed by atoms with E-state index in [2.05, 4.69) is 10.0 Å². The third-order valence-electron chi connectivity index (χ3n) is 4.17. The number of hydrogen-bond donors (Lipinski definition) is 2. The monoisotopic (exact) mass is 458 g/mol. The van der Waals surface area contributed by atoms with Gasteiger partial charge in [0.2, 0.25) is 10.0 Å². The number of sulfonamides is 1. The van der Waals surface area contributed by atoms with E-state index >= 15 is 0 Å². The van der Waals surface area contributed by atoms with E-state index in [1.165, 1.54) is 24.3 Å². The van der Waals surface area contributed by atoms with Crippen molar-refractivity contribution in [1.29, 1.82) is 0 Å². The quantitative estimate of drug-likeness (QED) is 0.502. The minimum absolute atomic E-state index is 0.00753. The lowest BCUT2D eigenvalue weighted by Gasteiger charge is -2.10. The molecule has 2 N–H and O–H groups in total. The Kier molecular flexibility index (Phi) is 7.41. The van der Waals surface area contributed by atoms with Gasteiger partial charge in [-0.05, 0) is 35.9 Å². The van der Waals surface area contributed by atoms with Gasteiger partial charge in [0.25, 0.3) is 5.91 Å². The van der Waals surface area contributed by atoms with E-state index in [1.807, 2.05) is 18.2 Å². The van der Waals surface area contributed by atoms with Crippen LogP contribution in [0.15, 0.2) is 83.8 Å². The van der Waals surface area contributed by atoms with Crippen molar-refractivity contribution >= 4 is 39.2 Å². The summed E-state index contributed by atoms with van der Waals surface area (Å²) in [6.45, 7) is -0.437. The number of halogens is 1. The minimum Gasteiger partial charge on any atom is -0.452 e. The van der Waals surface area contributed by atoms with Crippen LogP contribution in [0.3, 0.4) is 0 Å². The largest absolute Gasteiger partial charge is 0.452 e. The van der Waals surface area contributed by atoms with E-state index in [4.69, 9.17) is 16.3 Å². The van der Waals surface area contributed by atoms with Crippen LogP contribution < -0.4 is 10.0 Å². The van der Waals surface area contributed by atoms with Crippen LogP contribution in [0.2, 0.25) is 5.02 Å². The fourth-order valence-corrected chi connectivity index (χ4v) is 3.86. The highest BCUT2D eigenvalue weighted by Crippen LogP contribution is 2.20. The molecule has 1 amide bonds. The van der Waals surface area contributed by atoms with Crippen molar-refractivity contribution in [2.24, 2.45) is 0 Å². The maximum atomic E-state index is 12.5. The summed E-state index contributed by atoms with van der Waals surface area (Å²) < 4.78 is 32.6. The number of carbonyl (C=O) groups is 2. The predicted octanol–water partition coefficient (Wildman–Crippen LogP) is 3.61. The van der Waals surface area contributed by atoms with Crippen molar-refractivity contribution in [1.82, 2.24) is 4.72 Å². The molecule has 0 fully saturated rings. The number of benzene rings is 3. The Balaban J connectivity index is 1.60. The van der Waals surface area contributed by atoms with Gasteiger partial charge >= 0.3 is 5.97 Å². The van der Waals surface area contributed by atoms with Gasteiger partial charge in [-0.1, -0.05) is 60.1 Å². The molecule has 0 aliphatic rings. The number of esters is 1. The molecule has 0 bridgehead atoms. The molecule has 0 radical (unpaired) electrons. The van der Waals surface area contributed by atoms with Crippen LogP contribution in [0.25, 0.3) is 0 Å². The van der Waals surface area contributed by atoms with Crippen LogP contribution in [0, 0.1) is 0 Å². The standard InChI is InChI=1S/C22H19ClN2O5S/c23-19-11-4-5-12-20(19)25-21(26)15-30-22(27)17-9-6-10-18(13-17)31(28,29)24-14-16-7-2-1-3-8-16/h1-13,24H,14-15H2,(H,25,26). The van der Waals surface area contributed by atoms with E-state index < -0.39 is 28.5 Å². The lowest BCUT2D eigenvalue weighted by Crippen LogP contribution is -2.24. The summed E-state index contributed by atoms with van der Waals surface area (Å²) in [6.07, 6.45) is 0. The topological polar surface area (TPSA) is 102 Å². The number of hydrogen-bond acceptors (Lipinski definition) is 5. The zero-order valence-corrected chi connectivity index (χ0v) is 17.8. The lowest BCUT2D eigenvalue weighted by molar-refractivity contribution is -0.119. The molecule has 0 heterocycles. The highest BCUT2D eigenvalue weighted by atomic mass is 35.5. The van der Waals surface area contributed by atoms with Crippen LogP contribution in [-0.2, 0) is 26.1 Å². The van der Waals surface area contributed by atoms with Gasteiger partial charge in [-0.25, -0.2) is 17.9 Å². The molecule has 0 aliphatic heterocycles. The number of para-hydroxylation sites is 1. The summed E-state index contributed by atoms with van der Waals surface area (Å²) in [4.78, 5) is 24.2. The molecule has 3 aromatic carbocycles. The Morgan fingerprint density at radius 1 is 0.903 bits per heavy atom. The Morgan fingerprint density at radius 3 is 2.35 bits per heavy atom. The highest BCUT2D eigenvalue weighted by molar-refractivity contribution is 7.89. The van der Waals surface area contributed by atoms with E-state index in [0.717, 1.165) is 5.56 Å². The average Bonchev–Trinajstić information content (AvgIpc) is 2.78. The van der Waals surface area contributed by atoms with Crippen LogP contribution in [0.4, 0.5) is 5.69 Å². The van der Waals surface area contributed by atoms with E-state index in [1.54, 1.807) is 36.4 Å². The maximum Gasteiger partial charge on any atom is 0.338 e. The zero-order chi connectivity index (χ0) is 22.3. The van der Waals surface area contributed by atoms with Gasteiger partial charge in [0.1, 0.15) is 0 Å². The molecular formula is C22H19ClN2O5S. The van der Waals surface area contributed by atoms with Crippen molar-refractivity contribution in [3.8, 4) is 0 Å². The molecule has 0 aliphatic carbocycles. The molecule has 0 spiro atoms. The first-order valence-electron chi connectivity index (χ1n) is 9.20. The van der Waals surface area contributed by atoms with E-state index in [0.29, 0.717) is 10.7 Å². The number of rotatable bonds is 8. The Hall–Kier alpha value is -3.20. The summed E-state index contributed by atoms with van der Waals surface area (Å²) in [6, 6.07) is 21.1. The molecule has 0 saturated heterocycles. The van der Waals surface area contributed by atoms with Gasteiger partial charge in [0, 0.05) is 6.54 Å². The number of anilines is 1. The number of nitrogens with one attached hydrogen (secondary N) is 2. The molecule has 7 nitrogen and oxygen atoms in total. The maximum absolute atomic E-state index is 12.5. The van der Waals surface area contributed by atoms with Gasteiger partial charge in [0.05, 0.1) is 21.2 Å². The molecule has 0 saturated carbocycles. The van der Waals surface area contributed by atoms with E-state index in [9.17, 15) is 18.0 Å². The second-order valence-corrected chi connectivity index (χ2v) is 8.62. The lowest BCUT2D eigenvalue weighted by atomic mass is 10.2. The Bertz CT molecular complexity index is 1180. The summed E-state index contributed by atoms with van der Waals surface area (Å²) in [5.41, 5.74) is 1.20. The molecule has 31 heavy (non-hydrogen) atoms. The molecule has 0 atom stereocenters. The van der Waals surface area contributed by atoms with Gasteiger partial charge in [-0.2, -0.15) is 0 Å². The first kappa shape index (κ1) is 22.5. The third kappa shape index (κ3) is 6.39.